The van der Waals surface area contributed by atoms with Crippen LogP contribution in [0.4, 0.5) is 0 Å². The molecule has 0 atom stereocenters. The average molecular weight is 349 g/mol. The molecule has 1 amide bonds. The van der Waals surface area contributed by atoms with Gasteiger partial charge in [-0.05, 0) is 31.0 Å². The number of amides is 1. The van der Waals surface area contributed by atoms with Gasteiger partial charge in [-0.15, -0.1) is 21.5 Å². The van der Waals surface area contributed by atoms with Crippen LogP contribution in [0, 0.1) is 0 Å². The van der Waals surface area contributed by atoms with E-state index in [1.807, 2.05) is 18.2 Å². The molecule has 1 aromatic carbocycles. The van der Waals surface area contributed by atoms with Crippen molar-refractivity contribution < 1.29 is 9.21 Å². The van der Waals surface area contributed by atoms with Gasteiger partial charge in [0.05, 0.1) is 16.6 Å². The highest BCUT2D eigenvalue weighted by atomic mass is 35.5. The monoisotopic (exact) mass is 348 g/mol. The maximum absolute atomic E-state index is 11.7. The molecule has 0 unspecified atom stereocenters. The Morgan fingerprint density at radius 3 is 3.00 bits per heavy atom. The Kier molecular flexibility index (Phi) is 3.74. The molecule has 0 radical (unpaired) electrons. The number of rotatable bonds is 5. The molecule has 6 nitrogen and oxygen atoms in total. The third-order valence-electron chi connectivity index (χ3n) is 3.46. The van der Waals surface area contributed by atoms with E-state index in [-0.39, 0.29) is 12.3 Å². The molecule has 118 valence electrons. The van der Waals surface area contributed by atoms with E-state index in [9.17, 15) is 4.79 Å². The molecule has 1 N–H and O–H groups in total. The number of hydrogen-bond donors (Lipinski definition) is 1. The van der Waals surface area contributed by atoms with Crippen molar-refractivity contribution in [3.05, 3.63) is 40.0 Å². The van der Waals surface area contributed by atoms with Crippen LogP contribution in [0.5, 0.6) is 0 Å². The molecule has 3 aromatic rings. The molecule has 0 aliphatic heterocycles. The van der Waals surface area contributed by atoms with Gasteiger partial charge in [0, 0.05) is 11.1 Å². The Balaban J connectivity index is 1.44. The molecule has 0 bridgehead atoms. The standard InChI is InChI=1S/C15H13ClN4O2S/c16-8-1-4-11-10(5-8)18-15(23-11)7-14-20-19-13(22-14)6-12(21)17-9-2-3-9/h1,4-5,9H,2-3,6-7H2,(H,17,21). The van der Waals surface area contributed by atoms with Gasteiger partial charge in [0.2, 0.25) is 17.7 Å². The van der Waals surface area contributed by atoms with Crippen molar-refractivity contribution in [3.63, 3.8) is 0 Å². The fraction of sp³-hybridized carbons (Fsp3) is 0.333. The Bertz CT molecular complexity index is 871. The minimum atomic E-state index is -0.0719. The zero-order valence-corrected chi connectivity index (χ0v) is 13.7. The Hall–Kier alpha value is -1.99. The number of carbonyl (C=O) groups excluding carboxylic acids is 1. The Morgan fingerprint density at radius 1 is 1.35 bits per heavy atom. The first-order valence-corrected chi connectivity index (χ1v) is 8.51. The second-order valence-corrected chi connectivity index (χ2v) is 7.06. The number of carbonyl (C=O) groups is 1. The second kappa shape index (κ2) is 5.90. The zero-order chi connectivity index (χ0) is 15.8. The molecule has 0 saturated heterocycles. The number of nitrogens with one attached hydrogen (secondary N) is 1. The highest BCUT2D eigenvalue weighted by molar-refractivity contribution is 7.18. The summed E-state index contributed by atoms with van der Waals surface area (Å²) in [5, 5.41) is 12.4. The predicted molar refractivity (Wildman–Crippen MR) is 86.6 cm³/mol. The summed E-state index contributed by atoms with van der Waals surface area (Å²) in [7, 11) is 0. The first-order valence-electron chi connectivity index (χ1n) is 7.31. The summed E-state index contributed by atoms with van der Waals surface area (Å²) in [6.07, 6.45) is 2.69. The van der Waals surface area contributed by atoms with Crippen LogP contribution in [0.1, 0.15) is 29.6 Å². The summed E-state index contributed by atoms with van der Waals surface area (Å²) in [4.78, 5) is 16.2. The van der Waals surface area contributed by atoms with Gasteiger partial charge in [-0.2, -0.15) is 0 Å². The van der Waals surface area contributed by atoms with E-state index in [1.54, 1.807) is 11.3 Å². The summed E-state index contributed by atoms with van der Waals surface area (Å²) in [5.41, 5.74) is 0.862. The normalized spacial score (nSPS) is 14.3. The number of fused-ring (bicyclic) bond motifs is 1. The zero-order valence-electron chi connectivity index (χ0n) is 12.1. The van der Waals surface area contributed by atoms with Gasteiger partial charge in [0.1, 0.15) is 11.4 Å². The maximum atomic E-state index is 11.7. The Morgan fingerprint density at radius 2 is 2.17 bits per heavy atom. The predicted octanol–water partition coefficient (Wildman–Crippen LogP) is 2.74. The van der Waals surface area contributed by atoms with Crippen molar-refractivity contribution in [2.75, 3.05) is 0 Å². The largest absolute Gasteiger partial charge is 0.424 e. The van der Waals surface area contributed by atoms with Gasteiger partial charge in [0.15, 0.2) is 0 Å². The topological polar surface area (TPSA) is 80.9 Å². The summed E-state index contributed by atoms with van der Waals surface area (Å²) in [6.45, 7) is 0. The van der Waals surface area contributed by atoms with Crippen molar-refractivity contribution >= 4 is 39.1 Å². The van der Waals surface area contributed by atoms with E-state index in [0.717, 1.165) is 28.1 Å². The van der Waals surface area contributed by atoms with Crippen molar-refractivity contribution in [1.29, 1.82) is 0 Å². The highest BCUT2D eigenvalue weighted by Gasteiger charge is 2.24. The van der Waals surface area contributed by atoms with Crippen LogP contribution in [0.3, 0.4) is 0 Å². The molecule has 1 fully saturated rings. The number of nitrogens with zero attached hydrogens (tertiary/aromatic N) is 3. The van der Waals surface area contributed by atoms with E-state index in [0.29, 0.717) is 29.3 Å². The highest BCUT2D eigenvalue weighted by Crippen LogP contribution is 2.26. The minimum Gasteiger partial charge on any atom is -0.424 e. The first kappa shape index (κ1) is 14.6. The number of benzene rings is 1. The lowest BCUT2D eigenvalue weighted by molar-refractivity contribution is -0.120. The van der Waals surface area contributed by atoms with Crippen molar-refractivity contribution in [2.24, 2.45) is 0 Å². The molecule has 2 heterocycles. The number of thiazole rings is 1. The fourth-order valence-electron chi connectivity index (χ4n) is 2.23. The van der Waals surface area contributed by atoms with Crippen LogP contribution < -0.4 is 5.32 Å². The van der Waals surface area contributed by atoms with Gasteiger partial charge in [0.25, 0.3) is 0 Å². The molecular weight excluding hydrogens is 336 g/mol. The lowest BCUT2D eigenvalue weighted by atomic mass is 10.3. The number of hydrogen-bond acceptors (Lipinski definition) is 6. The van der Waals surface area contributed by atoms with E-state index < -0.39 is 0 Å². The van der Waals surface area contributed by atoms with E-state index in [4.69, 9.17) is 16.0 Å². The van der Waals surface area contributed by atoms with E-state index in [2.05, 4.69) is 20.5 Å². The molecule has 4 rings (SSSR count). The molecule has 1 aliphatic rings. The third-order valence-corrected chi connectivity index (χ3v) is 4.73. The fourth-order valence-corrected chi connectivity index (χ4v) is 3.33. The molecule has 0 spiro atoms. The quantitative estimate of drug-likeness (QED) is 0.766. The SMILES string of the molecule is O=C(Cc1nnc(Cc2nc3cc(Cl)ccc3s2)o1)NC1CC1. The lowest BCUT2D eigenvalue weighted by Crippen LogP contribution is -2.27. The third kappa shape index (κ3) is 3.51. The summed E-state index contributed by atoms with van der Waals surface area (Å²) in [5.74, 6) is 0.726. The van der Waals surface area contributed by atoms with Crippen LogP contribution in [0.15, 0.2) is 22.6 Å². The number of aromatic nitrogens is 3. The van der Waals surface area contributed by atoms with Crippen LogP contribution in [-0.4, -0.2) is 27.1 Å². The summed E-state index contributed by atoms with van der Waals surface area (Å²) >= 11 is 7.53. The van der Waals surface area contributed by atoms with Crippen molar-refractivity contribution in [1.82, 2.24) is 20.5 Å². The van der Waals surface area contributed by atoms with Crippen LogP contribution >= 0.6 is 22.9 Å². The van der Waals surface area contributed by atoms with Gasteiger partial charge in [-0.3, -0.25) is 4.79 Å². The van der Waals surface area contributed by atoms with Gasteiger partial charge < -0.3 is 9.73 Å². The van der Waals surface area contributed by atoms with Gasteiger partial charge >= 0.3 is 0 Å². The van der Waals surface area contributed by atoms with Crippen LogP contribution in [-0.2, 0) is 17.6 Å². The number of halogens is 1. The summed E-state index contributed by atoms with van der Waals surface area (Å²) in [6, 6.07) is 5.95. The van der Waals surface area contributed by atoms with Crippen LogP contribution in [0.25, 0.3) is 10.2 Å². The van der Waals surface area contributed by atoms with Crippen LogP contribution in [0.2, 0.25) is 5.02 Å². The smallest absolute Gasteiger partial charge is 0.229 e. The van der Waals surface area contributed by atoms with Gasteiger partial charge in [-0.25, -0.2) is 4.98 Å². The molecular formula is C15H13ClN4O2S. The lowest BCUT2D eigenvalue weighted by Gasteiger charge is -1.98. The molecule has 1 saturated carbocycles. The van der Waals surface area contributed by atoms with Crippen molar-refractivity contribution in [3.8, 4) is 0 Å². The summed E-state index contributed by atoms with van der Waals surface area (Å²) < 4.78 is 6.60. The Labute approximate surface area is 140 Å². The first-order chi connectivity index (χ1) is 11.2. The molecule has 8 heteroatoms. The minimum absolute atomic E-state index is 0.0719. The second-order valence-electron chi connectivity index (χ2n) is 5.50. The molecule has 23 heavy (non-hydrogen) atoms. The van der Waals surface area contributed by atoms with E-state index in [1.165, 1.54) is 0 Å². The van der Waals surface area contributed by atoms with Crippen molar-refractivity contribution in [2.45, 2.75) is 31.7 Å². The molecule has 2 aromatic heterocycles. The van der Waals surface area contributed by atoms with Gasteiger partial charge in [-0.1, -0.05) is 11.6 Å². The molecule has 1 aliphatic carbocycles. The maximum Gasteiger partial charge on any atom is 0.229 e. The van der Waals surface area contributed by atoms with E-state index >= 15 is 0 Å². The average Bonchev–Trinajstić information content (AvgIpc) is 3.05.